The third kappa shape index (κ3) is 4.72. The van der Waals surface area contributed by atoms with Gasteiger partial charge in [-0.1, -0.05) is 47.6 Å². The van der Waals surface area contributed by atoms with Crippen molar-refractivity contribution in [2.24, 2.45) is 7.05 Å². The number of benzene rings is 2. The minimum Gasteiger partial charge on any atom is -0.493 e. The van der Waals surface area contributed by atoms with Gasteiger partial charge in [-0.25, -0.2) is 0 Å². The summed E-state index contributed by atoms with van der Waals surface area (Å²) in [6.45, 7) is 2.30. The molecule has 7 nitrogen and oxygen atoms in total. The van der Waals surface area contributed by atoms with E-state index in [2.05, 4.69) is 10.3 Å². The number of methoxy groups -OCH3 is 1. The molecule has 1 N–H and O–H groups in total. The maximum Gasteiger partial charge on any atom is 0.279 e. The molecule has 172 valence electrons. The van der Waals surface area contributed by atoms with Crippen LogP contribution in [0.5, 0.6) is 11.5 Å². The van der Waals surface area contributed by atoms with Gasteiger partial charge in [0.25, 0.3) is 5.56 Å². The molecule has 2 heterocycles. The summed E-state index contributed by atoms with van der Waals surface area (Å²) in [5, 5.41) is 4.04. The van der Waals surface area contributed by atoms with E-state index in [1.165, 1.54) is 11.8 Å². The van der Waals surface area contributed by atoms with Crippen molar-refractivity contribution in [1.82, 2.24) is 9.55 Å². The van der Waals surface area contributed by atoms with Crippen LogP contribution in [0.15, 0.2) is 52.4 Å². The fraction of sp³-hybridized carbons (Fsp3) is 0.292. The van der Waals surface area contributed by atoms with E-state index in [0.717, 1.165) is 11.1 Å². The smallest absolute Gasteiger partial charge is 0.279 e. The fourth-order valence-electron chi connectivity index (χ4n) is 3.97. The van der Waals surface area contributed by atoms with Gasteiger partial charge in [-0.3, -0.25) is 9.59 Å². The number of para-hydroxylation sites is 1. The van der Waals surface area contributed by atoms with E-state index >= 15 is 0 Å². The Morgan fingerprint density at radius 3 is 2.76 bits per heavy atom. The number of ether oxygens (including phenoxy) is 2. The molecule has 1 atom stereocenters. The third-order valence-electron chi connectivity index (χ3n) is 5.45. The van der Waals surface area contributed by atoms with Gasteiger partial charge in [0, 0.05) is 35.7 Å². The lowest BCUT2D eigenvalue weighted by Gasteiger charge is -2.29. The summed E-state index contributed by atoms with van der Waals surface area (Å²) in [7, 11) is 3.36. The molecule has 0 saturated carbocycles. The highest BCUT2D eigenvalue weighted by Gasteiger charge is 2.34. The predicted octanol–water partition coefficient (Wildman–Crippen LogP) is 4.61. The largest absolute Gasteiger partial charge is 0.493 e. The molecule has 1 aliphatic heterocycles. The summed E-state index contributed by atoms with van der Waals surface area (Å²) in [5.74, 6) is 1.46. The van der Waals surface area contributed by atoms with E-state index in [1.807, 2.05) is 43.3 Å². The molecule has 1 aromatic heterocycles. The summed E-state index contributed by atoms with van der Waals surface area (Å²) in [6.07, 6.45) is 0.117. The molecule has 2 aromatic carbocycles. The number of thioether (sulfide) groups is 1. The van der Waals surface area contributed by atoms with Crippen molar-refractivity contribution in [3.8, 4) is 11.5 Å². The lowest BCUT2D eigenvalue weighted by atomic mass is 9.86. The lowest BCUT2D eigenvalue weighted by Crippen LogP contribution is -2.33. The van der Waals surface area contributed by atoms with E-state index in [4.69, 9.17) is 21.1 Å². The van der Waals surface area contributed by atoms with E-state index in [-0.39, 0.29) is 17.9 Å². The number of amides is 1. The van der Waals surface area contributed by atoms with Crippen LogP contribution in [0.25, 0.3) is 0 Å². The molecule has 0 saturated heterocycles. The number of hydrogen-bond acceptors (Lipinski definition) is 6. The van der Waals surface area contributed by atoms with Crippen LogP contribution in [-0.4, -0.2) is 29.2 Å². The first kappa shape index (κ1) is 23.2. The van der Waals surface area contributed by atoms with Gasteiger partial charge >= 0.3 is 0 Å². The van der Waals surface area contributed by atoms with Crippen LogP contribution in [-0.2, 0) is 17.6 Å². The summed E-state index contributed by atoms with van der Waals surface area (Å²) in [6, 6.07) is 13.0. The van der Waals surface area contributed by atoms with Crippen LogP contribution in [0.3, 0.4) is 0 Å². The first-order valence-corrected chi connectivity index (χ1v) is 11.9. The van der Waals surface area contributed by atoms with Gasteiger partial charge in [0.2, 0.25) is 5.91 Å². The quantitative estimate of drug-likeness (QED) is 0.389. The van der Waals surface area contributed by atoms with E-state index in [9.17, 15) is 9.59 Å². The Balaban J connectivity index is 1.76. The zero-order valence-electron chi connectivity index (χ0n) is 18.6. The summed E-state index contributed by atoms with van der Waals surface area (Å²) >= 11 is 7.49. The molecule has 0 aliphatic carbocycles. The van der Waals surface area contributed by atoms with Crippen LogP contribution in [0.2, 0.25) is 5.02 Å². The maximum atomic E-state index is 13.2. The van der Waals surface area contributed by atoms with Crippen molar-refractivity contribution in [3.63, 3.8) is 0 Å². The average Bonchev–Trinajstić information content (AvgIpc) is 2.80. The zero-order chi connectivity index (χ0) is 23.5. The molecule has 0 radical (unpaired) electrons. The third-order valence-corrected chi connectivity index (χ3v) is 6.79. The highest BCUT2D eigenvalue weighted by molar-refractivity contribution is 7.98. The van der Waals surface area contributed by atoms with Gasteiger partial charge in [-0.15, -0.1) is 0 Å². The van der Waals surface area contributed by atoms with E-state index in [1.54, 1.807) is 24.8 Å². The van der Waals surface area contributed by atoms with Gasteiger partial charge in [0.1, 0.15) is 5.82 Å². The van der Waals surface area contributed by atoms with Gasteiger partial charge < -0.3 is 19.4 Å². The second-order valence-electron chi connectivity index (χ2n) is 7.56. The van der Waals surface area contributed by atoms with Crippen molar-refractivity contribution in [2.75, 3.05) is 19.0 Å². The second kappa shape index (κ2) is 9.89. The first-order valence-electron chi connectivity index (χ1n) is 10.5. The average molecular weight is 486 g/mol. The van der Waals surface area contributed by atoms with Crippen LogP contribution >= 0.6 is 23.4 Å². The summed E-state index contributed by atoms with van der Waals surface area (Å²) in [4.78, 5) is 30.3. The molecular weight excluding hydrogens is 462 g/mol. The first-order chi connectivity index (χ1) is 15.9. The molecule has 33 heavy (non-hydrogen) atoms. The Morgan fingerprint density at radius 1 is 1.24 bits per heavy atom. The maximum absolute atomic E-state index is 13.2. The monoisotopic (exact) mass is 485 g/mol. The Hall–Kier alpha value is -2.97. The number of anilines is 1. The Bertz CT molecular complexity index is 1260. The van der Waals surface area contributed by atoms with Crippen LogP contribution < -0.4 is 20.3 Å². The normalized spacial score (nSPS) is 15.0. The Labute approximate surface area is 201 Å². The number of carbonyl (C=O) groups excluding carboxylic acids is 1. The predicted molar refractivity (Wildman–Crippen MR) is 130 cm³/mol. The molecule has 0 fully saturated rings. The zero-order valence-corrected chi connectivity index (χ0v) is 20.1. The number of carbonyl (C=O) groups is 1. The van der Waals surface area contributed by atoms with Crippen molar-refractivity contribution < 1.29 is 14.3 Å². The number of aromatic nitrogens is 2. The van der Waals surface area contributed by atoms with Crippen molar-refractivity contribution in [1.29, 1.82) is 0 Å². The molecule has 0 spiro atoms. The number of nitrogens with zero attached hydrogens (tertiary/aromatic N) is 2. The van der Waals surface area contributed by atoms with Crippen molar-refractivity contribution in [2.45, 2.75) is 30.2 Å². The topological polar surface area (TPSA) is 82.4 Å². The highest BCUT2D eigenvalue weighted by atomic mass is 35.5. The van der Waals surface area contributed by atoms with Crippen LogP contribution in [0.4, 0.5) is 5.82 Å². The molecule has 0 bridgehead atoms. The van der Waals surface area contributed by atoms with Crippen LogP contribution in [0, 0.1) is 0 Å². The molecule has 1 amide bonds. The molecular formula is C24H24ClN3O4S. The minimum atomic E-state index is -0.497. The van der Waals surface area contributed by atoms with Gasteiger partial charge in [0.05, 0.1) is 19.3 Å². The second-order valence-corrected chi connectivity index (χ2v) is 8.93. The highest BCUT2D eigenvalue weighted by Crippen LogP contribution is 2.43. The minimum absolute atomic E-state index is 0.117. The van der Waals surface area contributed by atoms with Gasteiger partial charge in [-0.2, -0.15) is 4.98 Å². The molecule has 3 aromatic rings. The number of rotatable bonds is 7. The van der Waals surface area contributed by atoms with Gasteiger partial charge in [-0.05, 0) is 30.7 Å². The van der Waals surface area contributed by atoms with Crippen molar-refractivity contribution in [3.05, 3.63) is 74.5 Å². The van der Waals surface area contributed by atoms with E-state index in [0.29, 0.717) is 45.4 Å². The Morgan fingerprint density at radius 2 is 2.03 bits per heavy atom. The van der Waals surface area contributed by atoms with Gasteiger partial charge in [0.15, 0.2) is 16.7 Å². The molecule has 1 aliphatic rings. The summed E-state index contributed by atoms with van der Waals surface area (Å²) < 4.78 is 13.1. The van der Waals surface area contributed by atoms with E-state index < -0.39 is 5.92 Å². The lowest BCUT2D eigenvalue weighted by molar-refractivity contribution is -0.116. The number of nitrogens with one attached hydrogen (secondary N) is 1. The SMILES string of the molecule is CCOc1c(OC)cccc1[C@@H]1CC(=O)Nc2c1c(=O)nc(SCc1cccc(Cl)c1)n2C. The number of hydrogen-bond donors (Lipinski definition) is 1. The molecule has 0 unspecified atom stereocenters. The molecule has 4 rings (SSSR count). The van der Waals surface area contributed by atoms with Crippen molar-refractivity contribution >= 4 is 35.1 Å². The number of fused-ring (bicyclic) bond motifs is 1. The number of halogens is 1. The molecule has 9 heteroatoms. The fourth-order valence-corrected chi connectivity index (χ4v) is 5.09. The van der Waals surface area contributed by atoms with Crippen LogP contribution in [0.1, 0.15) is 36.0 Å². The summed E-state index contributed by atoms with van der Waals surface area (Å²) in [5.41, 5.74) is 1.81. The Kier molecular flexibility index (Phi) is 6.95. The standard InChI is InChI=1S/C24H24ClN3O4S/c1-4-32-21-16(9-6-10-18(21)31-3)17-12-19(29)26-22-20(17)23(30)27-24(28(22)2)33-13-14-7-5-8-15(25)11-14/h5-11,17H,4,12-13H2,1-3H3,(H,26,29)/t17-/m0/s1.